The molecule has 0 N–H and O–H groups in total. The second-order valence-electron chi connectivity index (χ2n) is 16.8. The summed E-state index contributed by atoms with van der Waals surface area (Å²) >= 11 is 1.82. The summed E-state index contributed by atoms with van der Waals surface area (Å²) in [5, 5.41) is 10.9. The van der Waals surface area contributed by atoms with Crippen LogP contribution < -0.4 is 0 Å². The molecule has 5 heterocycles. The van der Waals surface area contributed by atoms with Crippen LogP contribution >= 0.6 is 11.3 Å². The van der Waals surface area contributed by atoms with E-state index < -0.39 is 0 Å². The third-order valence-electron chi connectivity index (χ3n) is 13.2. The summed E-state index contributed by atoms with van der Waals surface area (Å²) in [6.07, 6.45) is 3.91. The molecule has 0 atom stereocenters. The molecule has 0 aliphatic rings. The Labute approximate surface area is 380 Å². The monoisotopic (exact) mass is 862 g/mol. The maximum absolute atomic E-state index is 6.43. The summed E-state index contributed by atoms with van der Waals surface area (Å²) in [7, 11) is 0. The highest BCUT2D eigenvalue weighted by Gasteiger charge is 2.26. The van der Waals surface area contributed by atoms with Crippen LogP contribution in [0.4, 0.5) is 0 Å². The lowest BCUT2D eigenvalue weighted by Crippen LogP contribution is -2.07. The first-order valence-corrected chi connectivity index (χ1v) is 22.7. The molecular formula is C59H34N4O2S. The molecule has 6 nitrogen and oxygen atoms in total. The molecular weight excluding hydrogens is 829 g/mol. The number of thiophene rings is 1. The molecule has 5 aromatic heterocycles. The Bertz CT molecular complexity index is 4280. The van der Waals surface area contributed by atoms with Gasteiger partial charge in [-0.15, -0.1) is 11.3 Å². The van der Waals surface area contributed by atoms with E-state index in [2.05, 4.69) is 139 Å². The van der Waals surface area contributed by atoms with Crippen LogP contribution in [0.1, 0.15) is 11.1 Å². The van der Waals surface area contributed by atoms with Crippen molar-refractivity contribution in [1.82, 2.24) is 19.5 Å². The minimum absolute atomic E-state index is 0.478. The number of benzene rings is 9. The Morgan fingerprint density at radius 2 is 0.939 bits per heavy atom. The van der Waals surface area contributed by atoms with Gasteiger partial charge in [-0.05, 0) is 70.6 Å². The number of hydrogen-bond donors (Lipinski definition) is 0. The number of nitrogens with zero attached hydrogens (tertiary/aromatic N) is 4. The van der Waals surface area contributed by atoms with Crippen molar-refractivity contribution in [2.24, 2.45) is 0 Å². The maximum atomic E-state index is 6.43. The van der Waals surface area contributed by atoms with Crippen LogP contribution in [0.15, 0.2) is 192 Å². The summed E-state index contributed by atoms with van der Waals surface area (Å²) < 4.78 is 17.6. The second-order valence-corrected chi connectivity index (χ2v) is 17.8. The minimum atomic E-state index is 0.478. The van der Waals surface area contributed by atoms with Crippen LogP contribution in [0.3, 0.4) is 0 Å². The maximum Gasteiger partial charge on any atom is 0.238 e. The molecule has 0 bridgehead atoms. The largest absolute Gasteiger partial charge is 0.456 e. The van der Waals surface area contributed by atoms with Gasteiger partial charge in [0, 0.05) is 74.6 Å². The minimum Gasteiger partial charge on any atom is -0.456 e. The molecule has 0 fully saturated rings. The van der Waals surface area contributed by atoms with E-state index in [4.69, 9.17) is 23.8 Å². The van der Waals surface area contributed by atoms with E-state index in [1.165, 1.54) is 20.2 Å². The number of fused-ring (bicyclic) bond motifs is 14. The van der Waals surface area contributed by atoms with Gasteiger partial charge in [-0.2, -0.15) is 9.97 Å². The van der Waals surface area contributed by atoms with Crippen molar-refractivity contribution in [3.05, 3.63) is 194 Å². The van der Waals surface area contributed by atoms with Crippen molar-refractivity contribution < 1.29 is 8.83 Å². The van der Waals surface area contributed by atoms with Crippen LogP contribution in [0.2, 0.25) is 0 Å². The Hall–Kier alpha value is -8.65. The molecule has 308 valence electrons. The average molecular weight is 863 g/mol. The van der Waals surface area contributed by atoms with Crippen LogP contribution in [0, 0.1) is 0 Å². The van der Waals surface area contributed by atoms with E-state index in [1.54, 1.807) is 0 Å². The lowest BCUT2D eigenvalue weighted by molar-refractivity contribution is 0.668. The Morgan fingerprint density at radius 1 is 0.409 bits per heavy atom. The second kappa shape index (κ2) is 13.9. The molecule has 0 amide bonds. The van der Waals surface area contributed by atoms with Gasteiger partial charge in [-0.3, -0.25) is 4.57 Å². The number of rotatable bonds is 6. The first-order valence-electron chi connectivity index (χ1n) is 21.9. The molecule has 0 spiro atoms. The number of aromatic nitrogens is 4. The molecule has 0 saturated carbocycles. The summed E-state index contributed by atoms with van der Waals surface area (Å²) in [6, 6.07) is 59.2. The van der Waals surface area contributed by atoms with E-state index in [0.717, 1.165) is 110 Å². The molecule has 0 saturated heterocycles. The average Bonchev–Trinajstić information content (AvgIpc) is 4.14. The van der Waals surface area contributed by atoms with Crippen molar-refractivity contribution in [3.8, 4) is 39.9 Å². The molecule has 14 aromatic rings. The first-order chi connectivity index (χ1) is 32.6. The van der Waals surface area contributed by atoms with Crippen LogP contribution in [0.5, 0.6) is 0 Å². The fourth-order valence-corrected chi connectivity index (χ4v) is 11.4. The van der Waals surface area contributed by atoms with Gasteiger partial charge >= 0.3 is 0 Å². The van der Waals surface area contributed by atoms with Crippen LogP contribution in [-0.2, 0) is 0 Å². The molecule has 0 aliphatic carbocycles. The Balaban J connectivity index is 1.11. The fraction of sp³-hybridized carbons (Fsp3) is 0. The lowest BCUT2D eigenvalue weighted by Gasteiger charge is -2.15. The quantitative estimate of drug-likeness (QED) is 0.167. The predicted molar refractivity (Wildman–Crippen MR) is 276 cm³/mol. The summed E-state index contributed by atoms with van der Waals surface area (Å²) in [6.45, 7) is 8.71. The fourth-order valence-electron chi connectivity index (χ4n) is 10.3. The molecule has 0 aliphatic heterocycles. The number of para-hydroxylation sites is 3. The van der Waals surface area contributed by atoms with Crippen LogP contribution in [-0.4, -0.2) is 19.5 Å². The zero-order valence-corrected chi connectivity index (χ0v) is 36.1. The third-order valence-corrected chi connectivity index (χ3v) is 14.4. The van der Waals surface area contributed by atoms with Gasteiger partial charge in [0.1, 0.15) is 22.3 Å². The smallest absolute Gasteiger partial charge is 0.238 e. The molecule has 66 heavy (non-hydrogen) atoms. The highest BCUT2D eigenvalue weighted by molar-refractivity contribution is 7.25. The standard InChI is InChI=1S/C59H34N4O2S/c1-3-36-37(4-2)54-47-20-13-19-38(33-24-29-45-44-17-9-12-23-52(44)66-53(45)32-33)55(47)63(56(54)46-18-6-5-14-39(36)46)59-61-57(34-25-27-42-40-15-7-10-21-48(40)64-50(42)30-34)60-58(62-59)35-26-28-43-41-16-8-11-22-49(41)65-51(43)31-35/h3-32H,1-2H2. The van der Waals surface area contributed by atoms with Crippen LogP contribution in [0.25, 0.3) is 149 Å². The van der Waals surface area contributed by atoms with E-state index in [1.807, 2.05) is 72.0 Å². The van der Waals surface area contributed by atoms with Gasteiger partial charge in [-0.25, -0.2) is 4.98 Å². The predicted octanol–water partition coefficient (Wildman–Crippen LogP) is 16.6. The van der Waals surface area contributed by atoms with E-state index in [9.17, 15) is 0 Å². The summed E-state index contributed by atoms with van der Waals surface area (Å²) in [5.74, 6) is 1.50. The molecule has 9 aromatic carbocycles. The Morgan fingerprint density at radius 3 is 1.61 bits per heavy atom. The zero-order chi connectivity index (χ0) is 43.6. The van der Waals surface area contributed by atoms with Crippen molar-refractivity contribution >= 4 is 120 Å². The summed E-state index contributed by atoms with van der Waals surface area (Å²) in [5.41, 5.74) is 10.9. The van der Waals surface area contributed by atoms with Gasteiger partial charge in [0.15, 0.2) is 11.6 Å². The zero-order valence-electron chi connectivity index (χ0n) is 35.2. The van der Waals surface area contributed by atoms with Crippen molar-refractivity contribution in [2.45, 2.75) is 0 Å². The highest BCUT2D eigenvalue weighted by atomic mass is 32.1. The van der Waals surface area contributed by atoms with E-state index >= 15 is 0 Å². The van der Waals surface area contributed by atoms with Gasteiger partial charge in [0.2, 0.25) is 5.95 Å². The van der Waals surface area contributed by atoms with Gasteiger partial charge in [-0.1, -0.05) is 147 Å². The van der Waals surface area contributed by atoms with Gasteiger partial charge < -0.3 is 8.83 Å². The molecule has 7 heteroatoms. The SMILES string of the molecule is C=Cc1c(C=C)c2c3cccc(-c4ccc5c(c4)sc4ccccc45)c3n(-c3nc(-c4ccc5c(c4)oc4ccccc45)nc(-c4ccc5c(c4)oc4ccccc45)n3)c2c2ccccc12. The topological polar surface area (TPSA) is 69.9 Å². The molecule has 0 unspecified atom stereocenters. The van der Waals surface area contributed by atoms with Gasteiger partial charge in [0.05, 0.1) is 11.0 Å². The van der Waals surface area contributed by atoms with E-state index in [0.29, 0.717) is 17.6 Å². The lowest BCUT2D eigenvalue weighted by atomic mass is 9.93. The highest BCUT2D eigenvalue weighted by Crippen LogP contribution is 2.46. The Kier molecular flexibility index (Phi) is 7.76. The molecule has 0 radical (unpaired) electrons. The third kappa shape index (κ3) is 5.26. The van der Waals surface area contributed by atoms with E-state index in [-0.39, 0.29) is 0 Å². The van der Waals surface area contributed by atoms with Gasteiger partial charge in [0.25, 0.3) is 0 Å². The number of furan rings is 2. The number of hydrogen-bond acceptors (Lipinski definition) is 6. The summed E-state index contributed by atoms with van der Waals surface area (Å²) in [4.78, 5) is 16.2. The van der Waals surface area contributed by atoms with Crippen molar-refractivity contribution in [2.75, 3.05) is 0 Å². The molecule has 14 rings (SSSR count). The van der Waals surface area contributed by atoms with Crippen molar-refractivity contribution in [3.63, 3.8) is 0 Å². The normalized spacial score (nSPS) is 12.1. The first kappa shape index (κ1) is 36.8. The van der Waals surface area contributed by atoms with Crippen molar-refractivity contribution in [1.29, 1.82) is 0 Å².